The van der Waals surface area contributed by atoms with E-state index in [1.807, 2.05) is 0 Å². The van der Waals surface area contributed by atoms with E-state index in [0.29, 0.717) is 13.2 Å². The van der Waals surface area contributed by atoms with Crippen LogP contribution in [0.25, 0.3) is 0 Å². The van der Waals surface area contributed by atoms with E-state index in [-0.39, 0.29) is 23.3 Å². The first-order chi connectivity index (χ1) is 8.59. The molecule has 2 heterocycles. The molecule has 0 aromatic carbocycles. The summed E-state index contributed by atoms with van der Waals surface area (Å²) in [6.07, 6.45) is 0.793. The molecule has 1 aromatic rings. The summed E-state index contributed by atoms with van der Waals surface area (Å²) in [6.45, 7) is 1.16. The lowest BCUT2D eigenvalue weighted by Gasteiger charge is -2.22. The molecule has 1 N–H and O–H groups in total. The molecule has 1 aromatic heterocycles. The summed E-state index contributed by atoms with van der Waals surface area (Å²) in [4.78, 5) is 28.3. The Morgan fingerprint density at radius 1 is 1.44 bits per heavy atom. The molecule has 96 valence electrons. The van der Waals surface area contributed by atoms with Crippen LogP contribution in [-0.2, 0) is 4.74 Å². The smallest absolute Gasteiger partial charge is 0.354 e. The molecule has 0 bridgehead atoms. The SMILES string of the molecule is CN(C(=O)c1cccc(C(=O)O)n1)C1CCOC1. The number of carbonyl (C=O) groups is 2. The first-order valence-electron chi connectivity index (χ1n) is 5.65. The summed E-state index contributed by atoms with van der Waals surface area (Å²) in [6, 6.07) is 4.43. The number of aromatic nitrogens is 1. The van der Waals surface area contributed by atoms with E-state index in [1.54, 1.807) is 11.9 Å². The van der Waals surface area contributed by atoms with Crippen molar-refractivity contribution in [2.45, 2.75) is 12.5 Å². The molecule has 6 nitrogen and oxygen atoms in total. The van der Waals surface area contributed by atoms with Gasteiger partial charge < -0.3 is 14.7 Å². The quantitative estimate of drug-likeness (QED) is 0.851. The van der Waals surface area contributed by atoms with Crippen LogP contribution in [0.2, 0.25) is 0 Å². The Balaban J connectivity index is 2.17. The Bertz CT molecular complexity index is 469. The van der Waals surface area contributed by atoms with Crippen LogP contribution < -0.4 is 0 Å². The Morgan fingerprint density at radius 2 is 2.17 bits per heavy atom. The summed E-state index contributed by atoms with van der Waals surface area (Å²) >= 11 is 0. The maximum Gasteiger partial charge on any atom is 0.354 e. The second-order valence-electron chi connectivity index (χ2n) is 4.15. The maximum absolute atomic E-state index is 12.1. The largest absolute Gasteiger partial charge is 0.477 e. The van der Waals surface area contributed by atoms with Crippen molar-refractivity contribution >= 4 is 11.9 Å². The van der Waals surface area contributed by atoms with Gasteiger partial charge in [0.2, 0.25) is 0 Å². The number of carbonyl (C=O) groups excluding carboxylic acids is 1. The van der Waals surface area contributed by atoms with E-state index in [2.05, 4.69) is 4.98 Å². The van der Waals surface area contributed by atoms with Gasteiger partial charge in [-0.1, -0.05) is 6.07 Å². The van der Waals surface area contributed by atoms with Gasteiger partial charge in [0.25, 0.3) is 5.91 Å². The van der Waals surface area contributed by atoms with Crippen LogP contribution in [0.1, 0.15) is 27.4 Å². The number of carboxylic acid groups (broad SMARTS) is 1. The number of pyridine rings is 1. The molecular formula is C12H14N2O4. The number of nitrogens with zero attached hydrogens (tertiary/aromatic N) is 2. The van der Waals surface area contributed by atoms with Crippen LogP contribution in [-0.4, -0.2) is 53.2 Å². The zero-order valence-electron chi connectivity index (χ0n) is 10.00. The third-order valence-corrected chi connectivity index (χ3v) is 2.96. The molecule has 6 heteroatoms. The summed E-state index contributed by atoms with van der Waals surface area (Å²) in [5.41, 5.74) is 0.0150. The monoisotopic (exact) mass is 250 g/mol. The average molecular weight is 250 g/mol. The fourth-order valence-corrected chi connectivity index (χ4v) is 1.85. The lowest BCUT2D eigenvalue weighted by Crippen LogP contribution is -2.37. The maximum atomic E-state index is 12.1. The fourth-order valence-electron chi connectivity index (χ4n) is 1.85. The number of likely N-dealkylation sites (N-methyl/N-ethyl adjacent to an activating group) is 1. The lowest BCUT2D eigenvalue weighted by atomic mass is 10.2. The number of carboxylic acids is 1. The molecule has 0 spiro atoms. The van der Waals surface area contributed by atoms with Gasteiger partial charge in [0.1, 0.15) is 11.4 Å². The van der Waals surface area contributed by atoms with Crippen molar-refractivity contribution in [3.8, 4) is 0 Å². The second kappa shape index (κ2) is 5.14. The minimum Gasteiger partial charge on any atom is -0.477 e. The Kier molecular flexibility index (Phi) is 3.57. The van der Waals surface area contributed by atoms with Gasteiger partial charge in [-0.05, 0) is 18.6 Å². The van der Waals surface area contributed by atoms with E-state index in [4.69, 9.17) is 9.84 Å². The third kappa shape index (κ3) is 2.48. The van der Waals surface area contributed by atoms with Crippen molar-refractivity contribution in [3.05, 3.63) is 29.6 Å². The number of hydrogen-bond acceptors (Lipinski definition) is 4. The molecular weight excluding hydrogens is 236 g/mol. The zero-order chi connectivity index (χ0) is 13.1. The zero-order valence-corrected chi connectivity index (χ0v) is 10.00. The molecule has 1 aliphatic heterocycles. The molecule has 1 fully saturated rings. The number of hydrogen-bond donors (Lipinski definition) is 1. The fraction of sp³-hybridized carbons (Fsp3) is 0.417. The van der Waals surface area contributed by atoms with Crippen LogP contribution in [0.3, 0.4) is 0 Å². The first-order valence-corrected chi connectivity index (χ1v) is 5.65. The summed E-state index contributed by atoms with van der Waals surface area (Å²) in [5.74, 6) is -1.43. The number of aromatic carboxylic acids is 1. The van der Waals surface area contributed by atoms with Crippen molar-refractivity contribution in [1.29, 1.82) is 0 Å². The van der Waals surface area contributed by atoms with Gasteiger partial charge in [-0.15, -0.1) is 0 Å². The van der Waals surface area contributed by atoms with E-state index in [9.17, 15) is 9.59 Å². The molecule has 1 amide bonds. The van der Waals surface area contributed by atoms with Crippen molar-refractivity contribution in [2.75, 3.05) is 20.3 Å². The van der Waals surface area contributed by atoms with E-state index < -0.39 is 5.97 Å². The predicted molar refractivity (Wildman–Crippen MR) is 62.5 cm³/mol. The summed E-state index contributed by atoms with van der Waals surface area (Å²) in [7, 11) is 1.68. The first kappa shape index (κ1) is 12.5. The van der Waals surface area contributed by atoms with Gasteiger partial charge in [-0.3, -0.25) is 4.79 Å². The number of ether oxygens (including phenoxy) is 1. The van der Waals surface area contributed by atoms with Gasteiger partial charge in [0.05, 0.1) is 12.6 Å². The van der Waals surface area contributed by atoms with Crippen molar-refractivity contribution in [3.63, 3.8) is 0 Å². The standard InChI is InChI=1S/C12H14N2O4/c1-14(8-5-6-18-7-8)11(15)9-3-2-4-10(13-9)12(16)17/h2-4,8H,5-7H2,1H3,(H,16,17). The molecule has 1 saturated heterocycles. The van der Waals surface area contributed by atoms with Gasteiger partial charge in [-0.25, -0.2) is 9.78 Å². The van der Waals surface area contributed by atoms with E-state index in [1.165, 1.54) is 18.2 Å². The van der Waals surface area contributed by atoms with E-state index >= 15 is 0 Å². The summed E-state index contributed by atoms with van der Waals surface area (Å²) < 4.78 is 5.22. The minimum absolute atomic E-state index is 0.0350. The Morgan fingerprint density at radius 3 is 2.78 bits per heavy atom. The highest BCUT2D eigenvalue weighted by molar-refractivity contribution is 5.94. The number of amides is 1. The number of rotatable bonds is 3. The Labute approximate surface area is 104 Å². The molecule has 2 rings (SSSR count). The molecule has 0 saturated carbocycles. The van der Waals surface area contributed by atoms with Crippen LogP contribution in [0.4, 0.5) is 0 Å². The van der Waals surface area contributed by atoms with Gasteiger partial charge in [-0.2, -0.15) is 0 Å². The van der Waals surface area contributed by atoms with Crippen LogP contribution >= 0.6 is 0 Å². The van der Waals surface area contributed by atoms with E-state index in [0.717, 1.165) is 6.42 Å². The van der Waals surface area contributed by atoms with Crippen LogP contribution in [0.5, 0.6) is 0 Å². The topological polar surface area (TPSA) is 79.7 Å². The minimum atomic E-state index is -1.14. The highest BCUT2D eigenvalue weighted by Gasteiger charge is 2.25. The molecule has 1 aliphatic rings. The lowest BCUT2D eigenvalue weighted by molar-refractivity contribution is 0.0687. The van der Waals surface area contributed by atoms with Gasteiger partial charge in [0.15, 0.2) is 0 Å². The normalized spacial score (nSPS) is 18.6. The second-order valence-corrected chi connectivity index (χ2v) is 4.15. The average Bonchev–Trinajstić information content (AvgIpc) is 2.91. The molecule has 0 aliphatic carbocycles. The summed E-state index contributed by atoms with van der Waals surface area (Å²) in [5, 5.41) is 8.83. The highest BCUT2D eigenvalue weighted by Crippen LogP contribution is 2.13. The van der Waals surface area contributed by atoms with Crippen molar-refractivity contribution < 1.29 is 19.4 Å². The van der Waals surface area contributed by atoms with Crippen LogP contribution in [0, 0.1) is 0 Å². The van der Waals surface area contributed by atoms with Crippen LogP contribution in [0.15, 0.2) is 18.2 Å². The Hall–Kier alpha value is -1.95. The third-order valence-electron chi connectivity index (χ3n) is 2.96. The van der Waals surface area contributed by atoms with Gasteiger partial charge in [0, 0.05) is 13.7 Å². The van der Waals surface area contributed by atoms with Gasteiger partial charge >= 0.3 is 5.97 Å². The predicted octanol–water partition coefficient (Wildman–Crippen LogP) is 0.641. The molecule has 18 heavy (non-hydrogen) atoms. The molecule has 0 radical (unpaired) electrons. The molecule has 1 atom stereocenters. The molecule has 1 unspecified atom stereocenters. The highest BCUT2D eigenvalue weighted by atomic mass is 16.5. The van der Waals surface area contributed by atoms with Crippen molar-refractivity contribution in [2.24, 2.45) is 0 Å². The van der Waals surface area contributed by atoms with Crippen molar-refractivity contribution in [1.82, 2.24) is 9.88 Å².